The van der Waals surface area contributed by atoms with Crippen molar-refractivity contribution in [2.45, 2.75) is 33.0 Å². The van der Waals surface area contributed by atoms with Gasteiger partial charge in [0.25, 0.3) is 0 Å². The number of alkyl halides is 3. The summed E-state index contributed by atoms with van der Waals surface area (Å²) >= 11 is 0. The number of nitrogens with zero attached hydrogens (tertiary/aromatic N) is 1. The first-order chi connectivity index (χ1) is 12.3. The minimum atomic E-state index is -4.35. The highest BCUT2D eigenvalue weighted by atomic mass is 127. The number of halogens is 4. The van der Waals surface area contributed by atoms with Gasteiger partial charge in [0.05, 0.1) is 6.61 Å². The average molecular weight is 503 g/mol. The summed E-state index contributed by atoms with van der Waals surface area (Å²) in [4.78, 5) is 4.10. The molecule has 27 heavy (non-hydrogen) atoms. The van der Waals surface area contributed by atoms with Gasteiger partial charge in [-0.15, -0.1) is 24.0 Å². The maximum Gasteiger partial charge on any atom is 0.422 e. The highest BCUT2D eigenvalue weighted by Crippen LogP contribution is 2.19. The molecule has 1 aromatic rings. The fourth-order valence-corrected chi connectivity index (χ4v) is 1.98. The molecule has 2 N–H and O–H groups in total. The van der Waals surface area contributed by atoms with E-state index in [1.54, 1.807) is 25.2 Å². The highest BCUT2D eigenvalue weighted by molar-refractivity contribution is 14.0. The lowest BCUT2D eigenvalue weighted by molar-refractivity contribution is -0.153. The third-order valence-corrected chi connectivity index (χ3v) is 3.36. The minimum absolute atomic E-state index is 0. The standard InChI is InChI=1S/C18H28F3N3O2.HI/c1-14(2)7-9-25-10-8-23-17(22-3)24-12-15-5-4-6-16(11-15)26-13-18(19,20)21;/h4-6,11,14H,7-10,12-13H2,1-3H3,(H2,22,23,24);1H. The number of nitrogens with one attached hydrogen (secondary N) is 2. The van der Waals surface area contributed by atoms with E-state index in [1.807, 2.05) is 0 Å². The largest absolute Gasteiger partial charge is 0.484 e. The van der Waals surface area contributed by atoms with Gasteiger partial charge in [-0.2, -0.15) is 13.2 Å². The van der Waals surface area contributed by atoms with Gasteiger partial charge < -0.3 is 20.1 Å². The first kappa shape index (κ1) is 25.8. The SMILES string of the molecule is CN=C(NCCOCCC(C)C)NCc1cccc(OCC(F)(F)F)c1.I. The number of hydrogen-bond acceptors (Lipinski definition) is 3. The molecule has 0 amide bonds. The van der Waals surface area contributed by atoms with Crippen LogP contribution in [0.15, 0.2) is 29.3 Å². The monoisotopic (exact) mass is 503 g/mol. The van der Waals surface area contributed by atoms with Crippen molar-refractivity contribution < 1.29 is 22.6 Å². The number of ether oxygens (including phenoxy) is 2. The minimum Gasteiger partial charge on any atom is -0.484 e. The van der Waals surface area contributed by atoms with Crippen molar-refractivity contribution in [2.75, 3.05) is 33.4 Å². The molecule has 0 saturated heterocycles. The molecule has 0 aliphatic heterocycles. The van der Waals surface area contributed by atoms with Crippen molar-refractivity contribution in [3.63, 3.8) is 0 Å². The van der Waals surface area contributed by atoms with E-state index in [9.17, 15) is 13.2 Å². The van der Waals surface area contributed by atoms with Gasteiger partial charge in [-0.1, -0.05) is 26.0 Å². The predicted molar refractivity (Wildman–Crippen MR) is 112 cm³/mol. The Morgan fingerprint density at radius 1 is 1.19 bits per heavy atom. The van der Waals surface area contributed by atoms with Crippen molar-refractivity contribution in [1.29, 1.82) is 0 Å². The second-order valence-electron chi connectivity index (χ2n) is 6.20. The van der Waals surface area contributed by atoms with Crippen LogP contribution in [0.4, 0.5) is 13.2 Å². The summed E-state index contributed by atoms with van der Waals surface area (Å²) in [6, 6.07) is 6.52. The van der Waals surface area contributed by atoms with Crippen LogP contribution in [0.1, 0.15) is 25.8 Å². The van der Waals surface area contributed by atoms with Gasteiger partial charge in [0.15, 0.2) is 12.6 Å². The molecule has 0 aromatic heterocycles. The van der Waals surface area contributed by atoms with Crippen LogP contribution in [0.3, 0.4) is 0 Å². The molecule has 1 aromatic carbocycles. The second kappa shape index (κ2) is 13.9. The topological polar surface area (TPSA) is 54.9 Å². The maximum atomic E-state index is 12.2. The van der Waals surface area contributed by atoms with E-state index in [1.165, 1.54) is 6.07 Å². The van der Waals surface area contributed by atoms with Crippen molar-refractivity contribution in [1.82, 2.24) is 10.6 Å². The van der Waals surface area contributed by atoms with Gasteiger partial charge in [0.1, 0.15) is 5.75 Å². The van der Waals surface area contributed by atoms with E-state index in [-0.39, 0.29) is 29.7 Å². The Labute approximate surface area is 176 Å². The Morgan fingerprint density at radius 2 is 1.93 bits per heavy atom. The maximum absolute atomic E-state index is 12.2. The van der Waals surface area contributed by atoms with E-state index < -0.39 is 12.8 Å². The Morgan fingerprint density at radius 3 is 2.56 bits per heavy atom. The Hall–Kier alpha value is -1.23. The van der Waals surface area contributed by atoms with Crippen LogP contribution >= 0.6 is 24.0 Å². The first-order valence-corrected chi connectivity index (χ1v) is 8.61. The number of rotatable bonds is 10. The Balaban J connectivity index is 0.00000676. The van der Waals surface area contributed by atoms with Crippen LogP contribution in [-0.4, -0.2) is 45.5 Å². The van der Waals surface area contributed by atoms with Crippen LogP contribution in [0, 0.1) is 5.92 Å². The Kier molecular flexibility index (Phi) is 13.2. The fraction of sp³-hybridized carbons (Fsp3) is 0.611. The average Bonchev–Trinajstić information content (AvgIpc) is 2.58. The van der Waals surface area contributed by atoms with Crippen LogP contribution < -0.4 is 15.4 Å². The molecule has 0 saturated carbocycles. The van der Waals surface area contributed by atoms with Crippen LogP contribution in [-0.2, 0) is 11.3 Å². The van der Waals surface area contributed by atoms with Crippen LogP contribution in [0.5, 0.6) is 5.75 Å². The molecule has 0 spiro atoms. The number of guanidine groups is 1. The molecule has 1 rings (SSSR count). The fourth-order valence-electron chi connectivity index (χ4n) is 1.98. The Bertz CT molecular complexity index is 555. The zero-order valence-electron chi connectivity index (χ0n) is 15.9. The first-order valence-electron chi connectivity index (χ1n) is 8.61. The lowest BCUT2D eigenvalue weighted by Crippen LogP contribution is -2.38. The van der Waals surface area contributed by atoms with Crippen LogP contribution in [0.25, 0.3) is 0 Å². The van der Waals surface area contributed by atoms with Gasteiger partial charge >= 0.3 is 6.18 Å². The second-order valence-corrected chi connectivity index (χ2v) is 6.20. The zero-order chi connectivity index (χ0) is 19.4. The van der Waals surface area contributed by atoms with Gasteiger partial charge in [-0.25, -0.2) is 0 Å². The van der Waals surface area contributed by atoms with E-state index in [4.69, 9.17) is 9.47 Å². The third kappa shape index (κ3) is 13.6. The normalized spacial score (nSPS) is 11.9. The molecule has 0 atom stereocenters. The summed E-state index contributed by atoms with van der Waals surface area (Å²) in [5, 5.41) is 6.22. The van der Waals surface area contributed by atoms with E-state index in [2.05, 4.69) is 29.5 Å². The number of hydrogen-bond donors (Lipinski definition) is 2. The lowest BCUT2D eigenvalue weighted by atomic mass is 10.1. The van der Waals surface area contributed by atoms with Gasteiger partial charge in [0.2, 0.25) is 0 Å². The van der Waals surface area contributed by atoms with Gasteiger partial charge in [-0.3, -0.25) is 4.99 Å². The molecular formula is C18H29F3IN3O2. The van der Waals surface area contributed by atoms with Crippen molar-refractivity contribution in [3.05, 3.63) is 29.8 Å². The summed E-state index contributed by atoms with van der Waals surface area (Å²) in [7, 11) is 1.65. The number of aliphatic imine (C=N–C) groups is 1. The van der Waals surface area contributed by atoms with E-state index in [0.717, 1.165) is 18.6 Å². The molecule has 9 heteroatoms. The molecule has 0 heterocycles. The summed E-state index contributed by atoms with van der Waals surface area (Å²) in [6.07, 6.45) is -3.32. The van der Waals surface area contributed by atoms with Crippen molar-refractivity contribution in [2.24, 2.45) is 10.9 Å². The molecule has 0 aliphatic rings. The summed E-state index contributed by atoms with van der Waals surface area (Å²) < 4.78 is 46.9. The molecule has 5 nitrogen and oxygen atoms in total. The summed E-state index contributed by atoms with van der Waals surface area (Å²) in [5.41, 5.74) is 0.792. The summed E-state index contributed by atoms with van der Waals surface area (Å²) in [6.45, 7) is 5.34. The molecule has 0 fully saturated rings. The predicted octanol–water partition coefficient (Wildman–Crippen LogP) is 3.97. The molecular weight excluding hydrogens is 474 g/mol. The molecule has 156 valence electrons. The van der Waals surface area contributed by atoms with Crippen molar-refractivity contribution >= 4 is 29.9 Å². The zero-order valence-corrected chi connectivity index (χ0v) is 18.3. The number of benzene rings is 1. The van der Waals surface area contributed by atoms with Crippen molar-refractivity contribution in [3.8, 4) is 5.75 Å². The smallest absolute Gasteiger partial charge is 0.422 e. The van der Waals surface area contributed by atoms with Gasteiger partial charge in [0, 0.05) is 26.7 Å². The quantitative estimate of drug-likeness (QED) is 0.220. The summed E-state index contributed by atoms with van der Waals surface area (Å²) in [5.74, 6) is 1.40. The third-order valence-electron chi connectivity index (χ3n) is 3.36. The molecule has 0 unspecified atom stereocenters. The lowest BCUT2D eigenvalue weighted by Gasteiger charge is -2.13. The molecule has 0 radical (unpaired) electrons. The molecule has 0 bridgehead atoms. The van der Waals surface area contributed by atoms with Gasteiger partial charge in [-0.05, 0) is 30.0 Å². The van der Waals surface area contributed by atoms with E-state index in [0.29, 0.717) is 31.6 Å². The van der Waals surface area contributed by atoms with Crippen LogP contribution in [0.2, 0.25) is 0 Å². The highest BCUT2D eigenvalue weighted by Gasteiger charge is 2.28. The van der Waals surface area contributed by atoms with E-state index >= 15 is 0 Å². The molecule has 0 aliphatic carbocycles.